The number of hydrogen-bond donors (Lipinski definition) is 3. The standard InChI is InChI=1S/C30H33N5O5/c1-35(2)15-14-26(22-9-5-4-6-10-22)40-30(37)32-18-21-8-7-11-23(16-21)33-29(36)34-24-12-13-25(27(17-24)38-3)28-19-31-20-39-28/h4-13,16-17,19-20,26H,14-15,18H2,1-3H3,(H,32,37)(H2,33,34,36). The molecule has 0 aliphatic heterocycles. The Morgan fingerprint density at radius 1 is 0.975 bits per heavy atom. The Labute approximate surface area is 233 Å². The van der Waals surface area contributed by atoms with E-state index in [1.165, 1.54) is 6.39 Å². The number of carbonyl (C=O) groups is 2. The zero-order valence-corrected chi connectivity index (χ0v) is 22.7. The fourth-order valence-electron chi connectivity index (χ4n) is 4.06. The van der Waals surface area contributed by atoms with Crippen LogP contribution in [0.25, 0.3) is 11.3 Å². The van der Waals surface area contributed by atoms with E-state index in [2.05, 4.69) is 25.8 Å². The van der Waals surface area contributed by atoms with Gasteiger partial charge in [-0.05, 0) is 49.5 Å². The Morgan fingerprint density at radius 2 is 1.75 bits per heavy atom. The van der Waals surface area contributed by atoms with Gasteiger partial charge in [0.15, 0.2) is 12.2 Å². The molecule has 0 aliphatic rings. The number of anilines is 2. The maximum absolute atomic E-state index is 12.7. The second kappa shape index (κ2) is 13.8. The van der Waals surface area contributed by atoms with Gasteiger partial charge < -0.3 is 34.7 Å². The summed E-state index contributed by atoms with van der Waals surface area (Å²) in [5.41, 5.74) is 3.58. The first-order valence-electron chi connectivity index (χ1n) is 12.8. The molecule has 0 saturated carbocycles. The van der Waals surface area contributed by atoms with E-state index in [0.717, 1.165) is 23.2 Å². The van der Waals surface area contributed by atoms with Gasteiger partial charge in [-0.15, -0.1) is 0 Å². The molecule has 10 heteroatoms. The van der Waals surface area contributed by atoms with Crippen LogP contribution in [-0.2, 0) is 11.3 Å². The van der Waals surface area contributed by atoms with Gasteiger partial charge >= 0.3 is 12.1 Å². The lowest BCUT2D eigenvalue weighted by Gasteiger charge is -2.20. The van der Waals surface area contributed by atoms with Crippen LogP contribution in [0.1, 0.15) is 23.7 Å². The normalized spacial score (nSPS) is 11.5. The van der Waals surface area contributed by atoms with Crippen LogP contribution in [0.3, 0.4) is 0 Å². The molecule has 1 unspecified atom stereocenters. The molecule has 0 bridgehead atoms. The fraction of sp³-hybridized carbons (Fsp3) is 0.233. The molecule has 0 aliphatic carbocycles. The van der Waals surface area contributed by atoms with E-state index in [1.54, 1.807) is 49.7 Å². The lowest BCUT2D eigenvalue weighted by Crippen LogP contribution is -2.27. The number of ether oxygens (including phenoxy) is 2. The molecule has 40 heavy (non-hydrogen) atoms. The van der Waals surface area contributed by atoms with Crippen molar-refractivity contribution in [1.82, 2.24) is 15.2 Å². The van der Waals surface area contributed by atoms with Crippen molar-refractivity contribution >= 4 is 23.5 Å². The topological polar surface area (TPSA) is 118 Å². The molecule has 4 aromatic rings. The third-order valence-electron chi connectivity index (χ3n) is 6.04. The van der Waals surface area contributed by atoms with Gasteiger partial charge in [0.05, 0.1) is 18.9 Å². The molecule has 0 saturated heterocycles. The number of oxazole rings is 1. The molecule has 0 spiro atoms. The minimum absolute atomic E-state index is 0.242. The average molecular weight is 544 g/mol. The molecule has 0 radical (unpaired) electrons. The number of aromatic nitrogens is 1. The molecule has 3 aromatic carbocycles. The van der Waals surface area contributed by atoms with E-state index in [4.69, 9.17) is 13.9 Å². The summed E-state index contributed by atoms with van der Waals surface area (Å²) in [6, 6.07) is 21.7. The SMILES string of the molecule is COc1cc(NC(=O)Nc2cccc(CNC(=O)OC(CCN(C)C)c3ccccc3)c2)ccc1-c1cnco1. The van der Waals surface area contributed by atoms with E-state index >= 15 is 0 Å². The summed E-state index contributed by atoms with van der Waals surface area (Å²) in [5.74, 6) is 1.09. The van der Waals surface area contributed by atoms with Crippen molar-refractivity contribution in [3.05, 3.63) is 96.5 Å². The lowest BCUT2D eigenvalue weighted by atomic mass is 10.1. The van der Waals surface area contributed by atoms with Crippen molar-refractivity contribution in [3.8, 4) is 17.1 Å². The van der Waals surface area contributed by atoms with Gasteiger partial charge in [-0.3, -0.25) is 0 Å². The molecule has 0 fully saturated rings. The van der Waals surface area contributed by atoms with Gasteiger partial charge in [-0.1, -0.05) is 42.5 Å². The Kier molecular flexibility index (Phi) is 9.73. The molecule has 3 amide bonds. The first kappa shape index (κ1) is 28.2. The summed E-state index contributed by atoms with van der Waals surface area (Å²) >= 11 is 0. The number of urea groups is 1. The van der Waals surface area contributed by atoms with Crippen molar-refractivity contribution in [2.24, 2.45) is 0 Å². The average Bonchev–Trinajstić information content (AvgIpc) is 3.49. The molecule has 4 rings (SSSR count). The summed E-state index contributed by atoms with van der Waals surface area (Å²) in [6.07, 6.45) is 2.74. The summed E-state index contributed by atoms with van der Waals surface area (Å²) in [4.78, 5) is 31.2. The van der Waals surface area contributed by atoms with Gasteiger partial charge in [0.25, 0.3) is 0 Å². The van der Waals surface area contributed by atoms with E-state index in [-0.39, 0.29) is 12.6 Å². The van der Waals surface area contributed by atoms with Crippen LogP contribution in [0.15, 0.2) is 89.8 Å². The molecular weight excluding hydrogens is 510 g/mol. The molecular formula is C30H33N5O5. The number of rotatable bonds is 11. The maximum atomic E-state index is 12.7. The second-order valence-corrected chi connectivity index (χ2v) is 9.31. The van der Waals surface area contributed by atoms with Crippen molar-refractivity contribution < 1.29 is 23.5 Å². The molecule has 1 aromatic heterocycles. The predicted octanol–water partition coefficient (Wildman–Crippen LogP) is 5.91. The first-order chi connectivity index (χ1) is 19.4. The number of alkyl carbamates (subject to hydrolysis) is 1. The highest BCUT2D eigenvalue weighted by molar-refractivity contribution is 6.00. The Bertz CT molecular complexity index is 1390. The number of benzene rings is 3. The smallest absolute Gasteiger partial charge is 0.408 e. The minimum atomic E-state index is -0.508. The van der Waals surface area contributed by atoms with Crippen molar-refractivity contribution in [2.75, 3.05) is 38.4 Å². The summed E-state index contributed by atoms with van der Waals surface area (Å²) in [7, 11) is 5.51. The Morgan fingerprint density at radius 3 is 2.45 bits per heavy atom. The number of nitrogens with zero attached hydrogens (tertiary/aromatic N) is 2. The van der Waals surface area contributed by atoms with Crippen molar-refractivity contribution in [2.45, 2.75) is 19.1 Å². The largest absolute Gasteiger partial charge is 0.496 e. The fourth-order valence-corrected chi connectivity index (χ4v) is 4.06. The zero-order chi connectivity index (χ0) is 28.3. The van der Waals surface area contributed by atoms with Crippen molar-refractivity contribution in [3.63, 3.8) is 0 Å². The molecule has 1 heterocycles. The van der Waals surface area contributed by atoms with Crippen LogP contribution in [0.2, 0.25) is 0 Å². The highest BCUT2D eigenvalue weighted by Gasteiger charge is 2.17. The number of methoxy groups -OCH3 is 1. The molecule has 208 valence electrons. The number of amides is 3. The van der Waals surface area contributed by atoms with E-state index in [1.807, 2.05) is 50.5 Å². The third-order valence-corrected chi connectivity index (χ3v) is 6.04. The van der Waals surface area contributed by atoms with Gasteiger partial charge in [0.1, 0.15) is 11.9 Å². The van der Waals surface area contributed by atoms with Crippen molar-refractivity contribution in [1.29, 1.82) is 0 Å². The van der Waals surface area contributed by atoms with Crippen LogP contribution >= 0.6 is 0 Å². The van der Waals surface area contributed by atoms with Gasteiger partial charge in [-0.2, -0.15) is 0 Å². The van der Waals surface area contributed by atoms with Gasteiger partial charge in [0.2, 0.25) is 0 Å². The number of nitrogens with one attached hydrogen (secondary N) is 3. The van der Waals surface area contributed by atoms with Crippen LogP contribution in [0.4, 0.5) is 21.0 Å². The second-order valence-electron chi connectivity index (χ2n) is 9.31. The van der Waals surface area contributed by atoms with Crippen LogP contribution in [-0.4, -0.2) is 49.8 Å². The quantitative estimate of drug-likeness (QED) is 0.215. The highest BCUT2D eigenvalue weighted by atomic mass is 16.6. The summed E-state index contributed by atoms with van der Waals surface area (Å²) < 4.78 is 16.5. The minimum Gasteiger partial charge on any atom is -0.496 e. The number of carbonyl (C=O) groups excluding carboxylic acids is 2. The summed E-state index contributed by atoms with van der Waals surface area (Å²) in [6.45, 7) is 1.02. The van der Waals surface area contributed by atoms with E-state index in [9.17, 15) is 9.59 Å². The lowest BCUT2D eigenvalue weighted by molar-refractivity contribution is 0.0873. The summed E-state index contributed by atoms with van der Waals surface area (Å²) in [5, 5.41) is 8.41. The van der Waals surface area contributed by atoms with Gasteiger partial charge in [-0.25, -0.2) is 14.6 Å². The number of hydrogen-bond acceptors (Lipinski definition) is 7. The molecule has 3 N–H and O–H groups in total. The van der Waals surface area contributed by atoms with E-state index < -0.39 is 12.1 Å². The highest BCUT2D eigenvalue weighted by Crippen LogP contribution is 2.32. The molecule has 10 nitrogen and oxygen atoms in total. The van der Waals surface area contributed by atoms with Crippen LogP contribution < -0.4 is 20.7 Å². The third kappa shape index (κ3) is 8.08. The zero-order valence-electron chi connectivity index (χ0n) is 22.7. The van der Waals surface area contributed by atoms with Gasteiger partial charge in [0, 0.05) is 37.0 Å². The molecule has 1 atom stereocenters. The van der Waals surface area contributed by atoms with E-state index in [0.29, 0.717) is 29.3 Å². The Balaban J connectivity index is 1.31. The Hall–Kier alpha value is -4.83. The first-order valence-corrected chi connectivity index (χ1v) is 12.8. The van der Waals surface area contributed by atoms with Crippen LogP contribution in [0, 0.1) is 0 Å². The maximum Gasteiger partial charge on any atom is 0.408 e. The predicted molar refractivity (Wildman–Crippen MR) is 153 cm³/mol. The monoisotopic (exact) mass is 543 g/mol. The van der Waals surface area contributed by atoms with Crippen LogP contribution in [0.5, 0.6) is 5.75 Å².